The number of nitrogens with two attached hydrogens (primary N) is 1. The number of aryl methyl sites for hydroxylation is 1. The van der Waals surface area contributed by atoms with Gasteiger partial charge in [0.1, 0.15) is 0 Å². The molecule has 0 saturated carbocycles. The largest absolute Gasteiger partial charge is 0.309 e. The standard InChI is InChI=1S/C8H17BrN6/c1-14(2)5-4-6(11-10)7-8(9)12-13-15(7)3/h6,11H,4-5,10H2,1-3H3. The Morgan fingerprint density at radius 1 is 1.60 bits per heavy atom. The number of hydrogen-bond acceptors (Lipinski definition) is 5. The van der Waals surface area contributed by atoms with Crippen molar-refractivity contribution in [3.05, 3.63) is 10.3 Å². The summed E-state index contributed by atoms with van der Waals surface area (Å²) in [5.41, 5.74) is 3.76. The van der Waals surface area contributed by atoms with Crippen molar-refractivity contribution in [1.82, 2.24) is 25.3 Å². The van der Waals surface area contributed by atoms with Crippen LogP contribution >= 0.6 is 15.9 Å². The van der Waals surface area contributed by atoms with Gasteiger partial charge in [0.05, 0.1) is 11.7 Å². The fourth-order valence-electron chi connectivity index (χ4n) is 1.39. The molecule has 3 N–H and O–H groups in total. The lowest BCUT2D eigenvalue weighted by molar-refractivity contribution is 0.355. The third-order valence-corrected chi connectivity index (χ3v) is 2.79. The lowest BCUT2D eigenvalue weighted by atomic mass is 10.1. The van der Waals surface area contributed by atoms with E-state index in [-0.39, 0.29) is 6.04 Å². The minimum Gasteiger partial charge on any atom is -0.309 e. The first-order chi connectivity index (χ1) is 7.06. The van der Waals surface area contributed by atoms with Gasteiger partial charge < -0.3 is 4.90 Å². The van der Waals surface area contributed by atoms with Crippen molar-refractivity contribution in [2.45, 2.75) is 12.5 Å². The molecular weight excluding hydrogens is 260 g/mol. The molecule has 0 aliphatic heterocycles. The Kier molecular flexibility index (Phi) is 4.65. The Morgan fingerprint density at radius 2 is 2.27 bits per heavy atom. The maximum atomic E-state index is 5.53. The van der Waals surface area contributed by atoms with Gasteiger partial charge in [-0.3, -0.25) is 11.3 Å². The minimum atomic E-state index is 0.0572. The fraction of sp³-hybridized carbons (Fsp3) is 0.750. The average molecular weight is 277 g/mol. The average Bonchev–Trinajstić information content (AvgIpc) is 2.49. The molecule has 1 aromatic rings. The van der Waals surface area contributed by atoms with Crippen LogP contribution in [-0.4, -0.2) is 40.5 Å². The first-order valence-corrected chi connectivity index (χ1v) is 5.51. The number of nitrogens with zero attached hydrogens (tertiary/aromatic N) is 4. The summed E-state index contributed by atoms with van der Waals surface area (Å²) in [6.45, 7) is 0.951. The van der Waals surface area contributed by atoms with Crippen LogP contribution in [0.25, 0.3) is 0 Å². The van der Waals surface area contributed by atoms with E-state index >= 15 is 0 Å². The highest BCUT2D eigenvalue weighted by molar-refractivity contribution is 9.10. The zero-order valence-electron chi connectivity index (χ0n) is 9.24. The van der Waals surface area contributed by atoms with Gasteiger partial charge in [0.15, 0.2) is 4.60 Å². The van der Waals surface area contributed by atoms with E-state index < -0.39 is 0 Å². The fourth-order valence-corrected chi connectivity index (χ4v) is 2.00. The van der Waals surface area contributed by atoms with Gasteiger partial charge in [-0.05, 0) is 43.0 Å². The highest BCUT2D eigenvalue weighted by atomic mass is 79.9. The molecule has 86 valence electrons. The topological polar surface area (TPSA) is 72.0 Å². The van der Waals surface area contributed by atoms with Crippen molar-refractivity contribution in [1.29, 1.82) is 0 Å². The second kappa shape index (κ2) is 5.55. The molecule has 0 aliphatic rings. The summed E-state index contributed by atoms with van der Waals surface area (Å²) in [7, 11) is 5.92. The van der Waals surface area contributed by atoms with E-state index in [0.29, 0.717) is 0 Å². The highest BCUT2D eigenvalue weighted by Crippen LogP contribution is 2.22. The van der Waals surface area contributed by atoms with E-state index in [1.807, 2.05) is 21.1 Å². The van der Waals surface area contributed by atoms with Crippen LogP contribution < -0.4 is 11.3 Å². The third kappa shape index (κ3) is 3.23. The summed E-state index contributed by atoms with van der Waals surface area (Å²) in [5, 5.41) is 7.86. The van der Waals surface area contributed by atoms with Crippen LogP contribution in [-0.2, 0) is 7.05 Å². The molecule has 0 spiro atoms. The quantitative estimate of drug-likeness (QED) is 0.587. The number of halogens is 1. The predicted molar refractivity (Wildman–Crippen MR) is 61.9 cm³/mol. The van der Waals surface area contributed by atoms with Gasteiger partial charge >= 0.3 is 0 Å². The number of hydrogen-bond donors (Lipinski definition) is 2. The molecule has 0 aliphatic carbocycles. The van der Waals surface area contributed by atoms with Crippen LogP contribution in [0.4, 0.5) is 0 Å². The number of hydrazine groups is 1. The van der Waals surface area contributed by atoms with Crippen LogP contribution in [0.5, 0.6) is 0 Å². The molecule has 0 aromatic carbocycles. The van der Waals surface area contributed by atoms with Gasteiger partial charge in [-0.25, -0.2) is 4.68 Å². The van der Waals surface area contributed by atoms with Crippen molar-refractivity contribution in [3.8, 4) is 0 Å². The van der Waals surface area contributed by atoms with Gasteiger partial charge in [-0.15, -0.1) is 5.10 Å². The van der Waals surface area contributed by atoms with Crippen molar-refractivity contribution in [2.24, 2.45) is 12.9 Å². The Labute approximate surface area is 97.9 Å². The molecule has 1 aromatic heterocycles. The van der Waals surface area contributed by atoms with E-state index in [1.165, 1.54) is 0 Å². The van der Waals surface area contributed by atoms with Crippen molar-refractivity contribution < 1.29 is 0 Å². The molecule has 0 radical (unpaired) electrons. The Balaban J connectivity index is 2.74. The predicted octanol–water partition coefficient (Wildman–Crippen LogP) is 0.0337. The Bertz CT molecular complexity index is 291. The Hall–Kier alpha value is -0.500. The van der Waals surface area contributed by atoms with Crippen molar-refractivity contribution >= 4 is 15.9 Å². The smallest absolute Gasteiger partial charge is 0.153 e. The monoisotopic (exact) mass is 276 g/mol. The van der Waals surface area contributed by atoms with Crippen LogP contribution in [0.1, 0.15) is 18.2 Å². The second-order valence-corrected chi connectivity index (χ2v) is 4.45. The summed E-state index contributed by atoms with van der Waals surface area (Å²) >= 11 is 3.36. The maximum absolute atomic E-state index is 5.53. The molecule has 7 heteroatoms. The Morgan fingerprint density at radius 3 is 2.67 bits per heavy atom. The van der Waals surface area contributed by atoms with Gasteiger partial charge in [0.2, 0.25) is 0 Å². The van der Waals surface area contributed by atoms with E-state index in [2.05, 4.69) is 36.6 Å². The SMILES string of the molecule is CN(C)CCC(NN)c1c(Br)nnn1C. The molecule has 0 fully saturated rings. The number of rotatable bonds is 5. The summed E-state index contributed by atoms with van der Waals surface area (Å²) in [6.07, 6.45) is 0.906. The van der Waals surface area contributed by atoms with Gasteiger partial charge in [0, 0.05) is 7.05 Å². The summed E-state index contributed by atoms with van der Waals surface area (Å²) in [4.78, 5) is 2.11. The number of aromatic nitrogens is 3. The van der Waals surface area contributed by atoms with Crippen LogP contribution in [0.15, 0.2) is 4.60 Å². The number of nitrogens with one attached hydrogen (secondary N) is 1. The van der Waals surface area contributed by atoms with Gasteiger partial charge in [-0.1, -0.05) is 5.21 Å². The normalized spacial score (nSPS) is 13.5. The molecule has 6 nitrogen and oxygen atoms in total. The lowest BCUT2D eigenvalue weighted by Crippen LogP contribution is -2.32. The maximum Gasteiger partial charge on any atom is 0.153 e. The zero-order valence-corrected chi connectivity index (χ0v) is 10.8. The second-order valence-electron chi connectivity index (χ2n) is 3.70. The van der Waals surface area contributed by atoms with Crippen LogP contribution in [0.2, 0.25) is 0 Å². The molecule has 15 heavy (non-hydrogen) atoms. The molecule has 0 amide bonds. The lowest BCUT2D eigenvalue weighted by Gasteiger charge is -2.18. The first-order valence-electron chi connectivity index (χ1n) is 4.72. The zero-order chi connectivity index (χ0) is 11.4. The first kappa shape index (κ1) is 12.6. The molecular formula is C8H17BrN6. The molecule has 1 rings (SSSR count). The van der Waals surface area contributed by atoms with Gasteiger partial charge in [-0.2, -0.15) is 0 Å². The van der Waals surface area contributed by atoms with E-state index in [0.717, 1.165) is 23.3 Å². The summed E-state index contributed by atoms with van der Waals surface area (Å²) in [5.74, 6) is 5.53. The molecule has 1 unspecified atom stereocenters. The summed E-state index contributed by atoms with van der Waals surface area (Å²) < 4.78 is 2.47. The van der Waals surface area contributed by atoms with E-state index in [9.17, 15) is 0 Å². The highest BCUT2D eigenvalue weighted by Gasteiger charge is 2.18. The minimum absolute atomic E-state index is 0.0572. The van der Waals surface area contributed by atoms with E-state index in [1.54, 1.807) is 4.68 Å². The van der Waals surface area contributed by atoms with E-state index in [4.69, 9.17) is 5.84 Å². The molecule has 0 bridgehead atoms. The molecule has 1 heterocycles. The molecule has 0 saturated heterocycles. The van der Waals surface area contributed by atoms with Crippen LogP contribution in [0, 0.1) is 0 Å². The third-order valence-electron chi connectivity index (χ3n) is 2.22. The van der Waals surface area contributed by atoms with Crippen LogP contribution in [0.3, 0.4) is 0 Å². The van der Waals surface area contributed by atoms with Crippen molar-refractivity contribution in [3.63, 3.8) is 0 Å². The molecule has 1 atom stereocenters. The summed E-state index contributed by atoms with van der Waals surface area (Å²) in [6, 6.07) is 0.0572. The van der Waals surface area contributed by atoms with Crippen molar-refractivity contribution in [2.75, 3.05) is 20.6 Å². The van der Waals surface area contributed by atoms with Gasteiger partial charge in [0.25, 0.3) is 0 Å².